The van der Waals surface area contributed by atoms with E-state index < -0.39 is 30.3 Å². The topological polar surface area (TPSA) is 18.5 Å². The number of hydrogen-bond donors (Lipinski definition) is 0. The second-order valence-corrected chi connectivity index (χ2v) is 26.7. The van der Waals surface area contributed by atoms with Gasteiger partial charge < -0.3 is 8.85 Å². The van der Waals surface area contributed by atoms with Gasteiger partial charge in [-0.05, 0) is 55.3 Å². The summed E-state index contributed by atoms with van der Waals surface area (Å²) in [6.07, 6.45) is 4.46. The van der Waals surface area contributed by atoms with E-state index in [-0.39, 0.29) is 11.1 Å². The second kappa shape index (κ2) is 10.6. The van der Waals surface area contributed by atoms with Crippen LogP contribution in [0.15, 0.2) is 42.5 Å². The summed E-state index contributed by atoms with van der Waals surface area (Å²) in [5, 5.41) is 0.164. The molecule has 180 valence electrons. The molecule has 1 aromatic carbocycles. The Kier molecular flexibility index (Phi) is 9.62. The van der Waals surface area contributed by atoms with Crippen LogP contribution in [0, 0.1) is 17.4 Å². The Bertz CT molecular complexity index is 813. The Morgan fingerprint density at radius 2 is 1.41 bits per heavy atom. The molecular weight excluding hydrogens is 441 g/mol. The summed E-state index contributed by atoms with van der Waals surface area (Å²) >= 11 is 0. The highest BCUT2D eigenvalue weighted by Crippen LogP contribution is 2.39. The molecule has 0 aromatic heterocycles. The van der Waals surface area contributed by atoms with Gasteiger partial charge in [0.05, 0.1) is 6.10 Å². The lowest BCUT2D eigenvalue weighted by Crippen LogP contribution is -2.45. The fourth-order valence-electron chi connectivity index (χ4n) is 2.92. The summed E-state index contributed by atoms with van der Waals surface area (Å²) in [5.41, 5.74) is 3.95. The predicted octanol–water partition coefficient (Wildman–Crippen LogP) is 8.22. The molecule has 0 aliphatic heterocycles. The monoisotopic (exact) mass is 488 g/mol. The lowest BCUT2D eigenvalue weighted by molar-refractivity contribution is 0.160. The quantitative estimate of drug-likeness (QED) is 0.208. The number of hydrogen-bond acceptors (Lipinski definition) is 2. The van der Waals surface area contributed by atoms with Crippen LogP contribution in [0.3, 0.4) is 0 Å². The van der Waals surface area contributed by atoms with E-state index >= 15 is 0 Å². The van der Waals surface area contributed by atoms with E-state index in [9.17, 15) is 0 Å². The molecule has 0 fully saturated rings. The van der Waals surface area contributed by atoms with Crippen LogP contribution >= 0.6 is 0 Å². The molecule has 0 aliphatic rings. The van der Waals surface area contributed by atoms with Crippen LogP contribution in [-0.2, 0) is 14.5 Å². The van der Waals surface area contributed by atoms with Gasteiger partial charge in [-0.15, -0.1) is 5.54 Å². The largest absolute Gasteiger partial charge is 0.410 e. The van der Waals surface area contributed by atoms with Crippen LogP contribution in [0.1, 0.15) is 40.2 Å². The van der Waals surface area contributed by atoms with Gasteiger partial charge in [0.15, 0.2) is 22.2 Å². The molecule has 0 spiro atoms. The van der Waals surface area contributed by atoms with Crippen molar-refractivity contribution in [3.63, 3.8) is 0 Å². The molecule has 0 N–H and O–H groups in total. The van der Waals surface area contributed by atoms with E-state index in [2.05, 4.69) is 141 Å². The first-order valence-electron chi connectivity index (χ1n) is 12.0. The van der Waals surface area contributed by atoms with Crippen LogP contribution in [0.2, 0.25) is 57.4 Å². The third-order valence-electron chi connectivity index (χ3n) is 5.71. The molecule has 0 saturated heterocycles. The zero-order chi connectivity index (χ0) is 25.0. The lowest BCUT2D eigenvalue weighted by atomic mass is 9.93. The third kappa shape index (κ3) is 9.15. The average molecular weight is 489 g/mol. The van der Waals surface area contributed by atoms with Gasteiger partial charge in [-0.25, -0.2) is 0 Å². The van der Waals surface area contributed by atoms with E-state index in [0.29, 0.717) is 5.92 Å². The van der Waals surface area contributed by atoms with Gasteiger partial charge in [0.1, 0.15) is 8.07 Å². The van der Waals surface area contributed by atoms with Crippen molar-refractivity contribution < 1.29 is 8.85 Å². The smallest absolute Gasteiger partial charge is 0.192 e. The molecule has 2 nitrogen and oxygen atoms in total. The summed E-state index contributed by atoms with van der Waals surface area (Å²) in [6.45, 7) is 29.6. The maximum Gasteiger partial charge on any atom is 0.192 e. The molecule has 2 atom stereocenters. The highest BCUT2D eigenvalue weighted by atomic mass is 28.4. The molecule has 1 rings (SSSR count). The van der Waals surface area contributed by atoms with Crippen LogP contribution in [0.5, 0.6) is 0 Å². The summed E-state index contributed by atoms with van der Waals surface area (Å²) in [6, 6.07) is 10.5. The minimum absolute atomic E-state index is 0.0258. The Morgan fingerprint density at radius 1 is 0.875 bits per heavy atom. The number of benzene rings is 1. The standard InChI is InChI=1S/C27H48O2Si3/c1-23(2)25(28-32(12,13)26(3,4)5)19-20-27(29-31(9,10)11,21-22-30(6,7)8)24-17-15-14-16-18-24/h14-20,23,25H,1-13H3/b20-19-/t25-,27?/m1/s1. The summed E-state index contributed by atoms with van der Waals surface area (Å²) in [5.74, 6) is 3.99. The van der Waals surface area contributed by atoms with Crippen molar-refractivity contribution in [1.29, 1.82) is 0 Å². The highest BCUT2D eigenvalue weighted by molar-refractivity contribution is 6.83. The highest BCUT2D eigenvalue weighted by Gasteiger charge is 2.40. The molecular formula is C27H48O2Si3. The molecule has 1 aromatic rings. The van der Waals surface area contributed by atoms with Crippen molar-refractivity contribution in [3.05, 3.63) is 48.0 Å². The molecule has 1 unspecified atom stereocenters. The van der Waals surface area contributed by atoms with Crippen molar-refractivity contribution in [3.8, 4) is 11.5 Å². The van der Waals surface area contributed by atoms with Gasteiger partial charge in [-0.1, -0.05) is 96.6 Å². The summed E-state index contributed by atoms with van der Waals surface area (Å²) in [7, 11) is -5.43. The van der Waals surface area contributed by atoms with Gasteiger partial charge in [0.25, 0.3) is 0 Å². The fraction of sp³-hybridized carbons (Fsp3) is 0.630. The Labute approximate surface area is 202 Å². The van der Waals surface area contributed by atoms with Gasteiger partial charge in [0.2, 0.25) is 0 Å². The maximum absolute atomic E-state index is 6.89. The van der Waals surface area contributed by atoms with Gasteiger partial charge in [0, 0.05) is 0 Å². The van der Waals surface area contributed by atoms with Crippen molar-refractivity contribution in [2.75, 3.05) is 0 Å². The molecule has 0 heterocycles. The van der Waals surface area contributed by atoms with Crippen molar-refractivity contribution >= 4 is 24.7 Å². The summed E-state index contributed by atoms with van der Waals surface area (Å²) < 4.78 is 13.7. The maximum atomic E-state index is 6.89. The van der Waals surface area contributed by atoms with E-state index in [4.69, 9.17) is 8.85 Å². The van der Waals surface area contributed by atoms with Crippen molar-refractivity contribution in [1.82, 2.24) is 0 Å². The fourth-order valence-corrected chi connectivity index (χ4v) is 6.07. The van der Waals surface area contributed by atoms with Gasteiger partial charge >= 0.3 is 0 Å². The third-order valence-corrected chi connectivity index (χ3v) is 12.0. The Balaban J connectivity index is 3.63. The molecule has 32 heavy (non-hydrogen) atoms. The molecule has 0 radical (unpaired) electrons. The van der Waals surface area contributed by atoms with E-state index in [1.54, 1.807) is 0 Å². The van der Waals surface area contributed by atoms with Gasteiger partial charge in [-0.3, -0.25) is 0 Å². The zero-order valence-electron chi connectivity index (χ0n) is 23.0. The lowest BCUT2D eigenvalue weighted by Gasteiger charge is -2.40. The molecule has 0 aliphatic carbocycles. The SMILES string of the molecule is CC(C)[C@@H](/C=C\C(C#C[Si](C)(C)C)(O[Si](C)(C)C)c1ccccc1)O[Si](C)(C)C(C)(C)C. The van der Waals surface area contributed by atoms with Crippen molar-refractivity contribution in [2.45, 2.75) is 104 Å². The van der Waals surface area contributed by atoms with Crippen LogP contribution in [-0.4, -0.2) is 30.8 Å². The number of rotatable bonds is 8. The minimum atomic E-state index is -1.92. The van der Waals surface area contributed by atoms with Crippen LogP contribution in [0.25, 0.3) is 0 Å². The minimum Gasteiger partial charge on any atom is -0.410 e. The zero-order valence-corrected chi connectivity index (χ0v) is 26.0. The summed E-state index contributed by atoms with van der Waals surface area (Å²) in [4.78, 5) is 0. The van der Waals surface area contributed by atoms with Crippen molar-refractivity contribution in [2.24, 2.45) is 5.92 Å². The Morgan fingerprint density at radius 3 is 1.81 bits per heavy atom. The Hall–Kier alpha value is -0.909. The van der Waals surface area contributed by atoms with E-state index in [0.717, 1.165) is 5.56 Å². The second-order valence-electron chi connectivity index (χ2n) is 12.8. The predicted molar refractivity (Wildman–Crippen MR) is 150 cm³/mol. The average Bonchev–Trinajstić information content (AvgIpc) is 2.60. The normalized spacial score (nSPS) is 16.6. The molecule has 5 heteroatoms. The van der Waals surface area contributed by atoms with Crippen LogP contribution < -0.4 is 0 Å². The molecule has 0 amide bonds. The molecule has 0 saturated carbocycles. The van der Waals surface area contributed by atoms with Gasteiger partial charge in [-0.2, -0.15) is 0 Å². The molecule has 0 bridgehead atoms. The first-order valence-corrected chi connectivity index (χ1v) is 21.8. The van der Waals surface area contributed by atoms with E-state index in [1.165, 1.54) is 0 Å². The van der Waals surface area contributed by atoms with E-state index in [1.807, 2.05) is 0 Å². The first-order chi connectivity index (χ1) is 14.3. The first kappa shape index (κ1) is 29.1. The van der Waals surface area contributed by atoms with Crippen LogP contribution in [0.4, 0.5) is 0 Å².